The number of unbranched alkanes of at least 4 members (excludes halogenated alkanes) is 4. The molecule has 0 aromatic rings. The Morgan fingerprint density at radius 3 is 2.41 bits per heavy atom. The summed E-state index contributed by atoms with van der Waals surface area (Å²) in [7, 11) is 0. The van der Waals surface area contributed by atoms with Crippen LogP contribution in [0.2, 0.25) is 0 Å². The molecule has 2 atom stereocenters. The standard InChI is InChI=1S/C16H33N/c1-4-5-6-7-8-9-14-12-16(2,3)11-10-15(14)13-17/h14-15H,4-13,17H2,1-3H3. The first-order valence-corrected chi connectivity index (χ1v) is 7.79. The van der Waals surface area contributed by atoms with Crippen LogP contribution in [0.1, 0.15) is 78.6 Å². The average Bonchev–Trinajstić information content (AvgIpc) is 2.28. The van der Waals surface area contributed by atoms with Gasteiger partial charge in [0.25, 0.3) is 0 Å². The van der Waals surface area contributed by atoms with Crippen molar-refractivity contribution in [3.05, 3.63) is 0 Å². The molecule has 0 amide bonds. The second kappa shape index (κ2) is 7.41. The van der Waals surface area contributed by atoms with Gasteiger partial charge in [0.1, 0.15) is 0 Å². The Morgan fingerprint density at radius 2 is 1.76 bits per heavy atom. The van der Waals surface area contributed by atoms with E-state index < -0.39 is 0 Å². The fraction of sp³-hybridized carbons (Fsp3) is 1.00. The highest BCUT2D eigenvalue weighted by Gasteiger charge is 2.33. The summed E-state index contributed by atoms with van der Waals surface area (Å²) in [5, 5.41) is 0. The molecule has 0 heterocycles. The zero-order chi connectivity index (χ0) is 12.7. The minimum absolute atomic E-state index is 0.569. The molecule has 2 N–H and O–H groups in total. The van der Waals surface area contributed by atoms with Crippen molar-refractivity contribution in [3.8, 4) is 0 Å². The van der Waals surface area contributed by atoms with Gasteiger partial charge in [0, 0.05) is 0 Å². The fourth-order valence-corrected chi connectivity index (χ4v) is 3.45. The van der Waals surface area contributed by atoms with Gasteiger partial charge in [-0.2, -0.15) is 0 Å². The lowest BCUT2D eigenvalue weighted by atomic mass is 9.66. The maximum atomic E-state index is 5.93. The minimum atomic E-state index is 0.569. The van der Waals surface area contributed by atoms with Gasteiger partial charge in [-0.1, -0.05) is 59.3 Å². The van der Waals surface area contributed by atoms with Gasteiger partial charge in [-0.25, -0.2) is 0 Å². The second-order valence-corrected chi connectivity index (χ2v) is 6.87. The molecule has 1 heteroatoms. The maximum Gasteiger partial charge on any atom is -0.00462 e. The molecule has 0 radical (unpaired) electrons. The minimum Gasteiger partial charge on any atom is -0.330 e. The van der Waals surface area contributed by atoms with Crippen LogP contribution in [0.3, 0.4) is 0 Å². The molecular weight excluding hydrogens is 206 g/mol. The van der Waals surface area contributed by atoms with E-state index in [-0.39, 0.29) is 0 Å². The molecule has 1 saturated carbocycles. The van der Waals surface area contributed by atoms with Crippen LogP contribution in [-0.2, 0) is 0 Å². The first kappa shape index (κ1) is 15.0. The third-order valence-corrected chi connectivity index (χ3v) is 4.65. The number of hydrogen-bond donors (Lipinski definition) is 1. The number of hydrogen-bond acceptors (Lipinski definition) is 1. The molecule has 17 heavy (non-hydrogen) atoms. The summed E-state index contributed by atoms with van der Waals surface area (Å²) in [5.74, 6) is 1.72. The van der Waals surface area contributed by atoms with Crippen LogP contribution < -0.4 is 5.73 Å². The monoisotopic (exact) mass is 239 g/mol. The Hall–Kier alpha value is -0.0400. The summed E-state index contributed by atoms with van der Waals surface area (Å²) >= 11 is 0. The van der Waals surface area contributed by atoms with Gasteiger partial charge in [0.2, 0.25) is 0 Å². The van der Waals surface area contributed by atoms with Crippen LogP contribution in [0.4, 0.5) is 0 Å². The Labute approximate surface area is 109 Å². The molecule has 102 valence electrons. The van der Waals surface area contributed by atoms with Gasteiger partial charge in [-0.05, 0) is 43.1 Å². The van der Waals surface area contributed by atoms with E-state index in [2.05, 4.69) is 20.8 Å². The van der Waals surface area contributed by atoms with Gasteiger partial charge in [0.15, 0.2) is 0 Å². The van der Waals surface area contributed by atoms with E-state index in [9.17, 15) is 0 Å². The van der Waals surface area contributed by atoms with E-state index in [0.717, 1.165) is 18.4 Å². The highest BCUT2D eigenvalue weighted by molar-refractivity contribution is 4.85. The molecule has 1 nitrogen and oxygen atoms in total. The van der Waals surface area contributed by atoms with Crippen molar-refractivity contribution < 1.29 is 0 Å². The van der Waals surface area contributed by atoms with Gasteiger partial charge < -0.3 is 5.73 Å². The van der Waals surface area contributed by atoms with Crippen LogP contribution >= 0.6 is 0 Å². The predicted octanol–water partition coefficient (Wildman–Crippen LogP) is 4.75. The smallest absolute Gasteiger partial charge is 0.00462 e. The van der Waals surface area contributed by atoms with Gasteiger partial charge in [-0.3, -0.25) is 0 Å². The predicted molar refractivity (Wildman–Crippen MR) is 77.0 cm³/mol. The Morgan fingerprint density at radius 1 is 1.06 bits per heavy atom. The zero-order valence-electron chi connectivity index (χ0n) is 12.3. The molecule has 1 aliphatic rings. The molecule has 0 saturated heterocycles. The normalized spacial score (nSPS) is 28.2. The largest absolute Gasteiger partial charge is 0.330 e. The van der Waals surface area contributed by atoms with E-state index >= 15 is 0 Å². The molecule has 0 bridgehead atoms. The Bertz CT molecular complexity index is 198. The summed E-state index contributed by atoms with van der Waals surface area (Å²) in [6.07, 6.45) is 12.6. The van der Waals surface area contributed by atoms with E-state index in [1.165, 1.54) is 57.8 Å². The molecule has 1 aliphatic carbocycles. The quantitative estimate of drug-likeness (QED) is 0.638. The van der Waals surface area contributed by atoms with E-state index in [4.69, 9.17) is 5.73 Å². The van der Waals surface area contributed by atoms with Crippen molar-refractivity contribution in [2.75, 3.05) is 6.54 Å². The summed E-state index contributed by atoms with van der Waals surface area (Å²) < 4.78 is 0. The third-order valence-electron chi connectivity index (χ3n) is 4.65. The van der Waals surface area contributed by atoms with Crippen LogP contribution in [0.25, 0.3) is 0 Å². The number of rotatable bonds is 7. The lowest BCUT2D eigenvalue weighted by Gasteiger charge is -2.40. The lowest BCUT2D eigenvalue weighted by molar-refractivity contribution is 0.113. The molecule has 0 aromatic heterocycles. The Balaban J connectivity index is 2.27. The van der Waals surface area contributed by atoms with Crippen LogP contribution in [-0.4, -0.2) is 6.54 Å². The Kier molecular flexibility index (Phi) is 6.54. The summed E-state index contributed by atoms with van der Waals surface area (Å²) in [5.41, 5.74) is 6.50. The number of nitrogens with two attached hydrogens (primary N) is 1. The summed E-state index contributed by atoms with van der Waals surface area (Å²) in [4.78, 5) is 0. The van der Waals surface area contributed by atoms with E-state index in [0.29, 0.717) is 5.41 Å². The topological polar surface area (TPSA) is 26.0 Å². The molecule has 0 spiro atoms. The average molecular weight is 239 g/mol. The van der Waals surface area contributed by atoms with Crippen molar-refractivity contribution in [2.24, 2.45) is 23.0 Å². The van der Waals surface area contributed by atoms with Crippen LogP contribution in [0.5, 0.6) is 0 Å². The molecule has 1 rings (SSSR count). The van der Waals surface area contributed by atoms with E-state index in [1.807, 2.05) is 0 Å². The SMILES string of the molecule is CCCCCCCC1CC(C)(C)CCC1CN. The zero-order valence-corrected chi connectivity index (χ0v) is 12.3. The van der Waals surface area contributed by atoms with Crippen LogP contribution in [0.15, 0.2) is 0 Å². The summed E-state index contributed by atoms with van der Waals surface area (Å²) in [6, 6.07) is 0. The first-order valence-electron chi connectivity index (χ1n) is 7.79. The van der Waals surface area contributed by atoms with Gasteiger partial charge in [0.05, 0.1) is 0 Å². The second-order valence-electron chi connectivity index (χ2n) is 6.87. The van der Waals surface area contributed by atoms with Crippen LogP contribution in [0, 0.1) is 17.3 Å². The first-order chi connectivity index (χ1) is 8.09. The maximum absolute atomic E-state index is 5.93. The van der Waals surface area contributed by atoms with Crippen molar-refractivity contribution in [1.82, 2.24) is 0 Å². The van der Waals surface area contributed by atoms with Crippen molar-refractivity contribution in [3.63, 3.8) is 0 Å². The highest BCUT2D eigenvalue weighted by atomic mass is 14.6. The summed E-state index contributed by atoms with van der Waals surface area (Å²) in [6.45, 7) is 8.07. The van der Waals surface area contributed by atoms with Crippen molar-refractivity contribution in [1.29, 1.82) is 0 Å². The van der Waals surface area contributed by atoms with Gasteiger partial charge in [-0.15, -0.1) is 0 Å². The van der Waals surface area contributed by atoms with E-state index in [1.54, 1.807) is 0 Å². The van der Waals surface area contributed by atoms with Crippen molar-refractivity contribution >= 4 is 0 Å². The van der Waals surface area contributed by atoms with Crippen molar-refractivity contribution in [2.45, 2.75) is 78.6 Å². The third kappa shape index (κ3) is 5.42. The molecule has 0 aromatic carbocycles. The van der Waals surface area contributed by atoms with Gasteiger partial charge >= 0.3 is 0 Å². The fourth-order valence-electron chi connectivity index (χ4n) is 3.45. The molecule has 1 fully saturated rings. The highest BCUT2D eigenvalue weighted by Crippen LogP contribution is 2.43. The molecule has 0 aliphatic heterocycles. The molecular formula is C16H33N. The lowest BCUT2D eigenvalue weighted by Crippen LogP contribution is -2.34. The molecule has 2 unspecified atom stereocenters.